The Morgan fingerprint density at radius 3 is 2.06 bits per heavy atom. The first-order valence-corrected chi connectivity index (χ1v) is 6.82. The highest BCUT2D eigenvalue weighted by Crippen LogP contribution is 2.26. The van der Waals surface area contributed by atoms with Gasteiger partial charge in [0.15, 0.2) is 0 Å². The zero-order chi connectivity index (χ0) is 12.7. The summed E-state index contributed by atoms with van der Waals surface area (Å²) in [5.74, 6) is -0.676. The molecular weight excluding hydrogens is 216 g/mol. The Hall–Kier alpha value is -0.610. The van der Waals surface area contributed by atoms with Crippen LogP contribution in [-0.2, 0) is 4.79 Å². The topological polar surface area (TPSA) is 52.6 Å². The number of unbranched alkanes of at least 4 members (excludes halogenated alkanes) is 2. The Bertz CT molecular complexity index is 232. The molecule has 0 aliphatic carbocycles. The van der Waals surface area contributed by atoms with Crippen LogP contribution in [0.1, 0.15) is 46.0 Å². The minimum Gasteiger partial charge on any atom is -0.481 e. The molecule has 1 saturated heterocycles. The summed E-state index contributed by atoms with van der Waals surface area (Å²) in [7, 11) is 0. The number of carboxylic acids is 1. The normalized spacial score (nSPS) is 18.1. The van der Waals surface area contributed by atoms with E-state index < -0.39 is 5.97 Å². The maximum absolute atomic E-state index is 11.0. The number of hydrogen-bond donors (Lipinski definition) is 2. The highest BCUT2D eigenvalue weighted by Gasteiger charge is 2.43. The van der Waals surface area contributed by atoms with Crippen molar-refractivity contribution in [1.29, 1.82) is 0 Å². The number of rotatable bonds is 9. The maximum Gasteiger partial charge on any atom is 0.305 e. The molecule has 4 heteroatoms. The first-order valence-electron chi connectivity index (χ1n) is 6.82. The van der Waals surface area contributed by atoms with Crippen LogP contribution in [0.25, 0.3) is 0 Å². The molecule has 0 aromatic carbocycles. The van der Waals surface area contributed by atoms with Gasteiger partial charge in [0.25, 0.3) is 0 Å². The van der Waals surface area contributed by atoms with Gasteiger partial charge in [-0.1, -0.05) is 26.7 Å². The summed E-state index contributed by atoms with van der Waals surface area (Å²) in [5.41, 5.74) is -0.115. The van der Waals surface area contributed by atoms with Crippen molar-refractivity contribution in [2.24, 2.45) is 0 Å². The van der Waals surface area contributed by atoms with E-state index in [1.165, 1.54) is 12.8 Å². The fourth-order valence-corrected chi connectivity index (χ4v) is 2.44. The van der Waals surface area contributed by atoms with Gasteiger partial charge in [-0.3, -0.25) is 9.69 Å². The largest absolute Gasteiger partial charge is 0.481 e. The summed E-state index contributed by atoms with van der Waals surface area (Å²) >= 11 is 0. The van der Waals surface area contributed by atoms with E-state index in [0.29, 0.717) is 0 Å². The van der Waals surface area contributed by atoms with E-state index in [0.717, 1.165) is 39.0 Å². The van der Waals surface area contributed by atoms with E-state index in [2.05, 4.69) is 24.1 Å². The van der Waals surface area contributed by atoms with Gasteiger partial charge in [0.05, 0.1) is 12.0 Å². The van der Waals surface area contributed by atoms with Crippen molar-refractivity contribution in [3.63, 3.8) is 0 Å². The van der Waals surface area contributed by atoms with E-state index in [9.17, 15) is 4.79 Å². The van der Waals surface area contributed by atoms with Crippen LogP contribution in [0.3, 0.4) is 0 Å². The molecular formula is C13H26N2O2. The zero-order valence-corrected chi connectivity index (χ0v) is 11.2. The van der Waals surface area contributed by atoms with Gasteiger partial charge in [-0.25, -0.2) is 0 Å². The van der Waals surface area contributed by atoms with E-state index in [4.69, 9.17) is 5.11 Å². The number of aliphatic carboxylic acids is 1. The molecule has 0 saturated carbocycles. The number of carbonyl (C=O) groups is 1. The minimum atomic E-state index is -0.676. The Morgan fingerprint density at radius 1 is 1.24 bits per heavy atom. The molecule has 0 aromatic heterocycles. The van der Waals surface area contributed by atoms with Crippen LogP contribution in [0.4, 0.5) is 0 Å². The monoisotopic (exact) mass is 242 g/mol. The van der Waals surface area contributed by atoms with Crippen molar-refractivity contribution in [2.75, 3.05) is 26.2 Å². The third-order valence-corrected chi connectivity index (χ3v) is 3.62. The Balaban J connectivity index is 2.59. The average Bonchev–Trinajstić information content (AvgIpc) is 2.24. The molecule has 4 nitrogen and oxygen atoms in total. The molecule has 1 aliphatic heterocycles. The van der Waals surface area contributed by atoms with E-state index in [-0.39, 0.29) is 12.0 Å². The number of nitrogens with zero attached hydrogens (tertiary/aromatic N) is 1. The summed E-state index contributed by atoms with van der Waals surface area (Å²) in [6, 6.07) is 0. The fourth-order valence-electron chi connectivity index (χ4n) is 2.44. The predicted molar refractivity (Wildman–Crippen MR) is 69.2 cm³/mol. The third kappa shape index (κ3) is 3.96. The molecule has 1 fully saturated rings. The average molecular weight is 242 g/mol. The van der Waals surface area contributed by atoms with Gasteiger partial charge in [-0.15, -0.1) is 0 Å². The van der Waals surface area contributed by atoms with Crippen molar-refractivity contribution < 1.29 is 9.90 Å². The van der Waals surface area contributed by atoms with Gasteiger partial charge in [-0.2, -0.15) is 0 Å². The van der Waals surface area contributed by atoms with Crippen molar-refractivity contribution in [3.8, 4) is 0 Å². The molecule has 17 heavy (non-hydrogen) atoms. The van der Waals surface area contributed by atoms with Gasteiger partial charge in [0, 0.05) is 13.1 Å². The first kappa shape index (κ1) is 14.5. The van der Waals surface area contributed by atoms with Gasteiger partial charge >= 0.3 is 5.97 Å². The lowest BCUT2D eigenvalue weighted by Crippen LogP contribution is -2.69. The van der Waals surface area contributed by atoms with Gasteiger partial charge in [0.1, 0.15) is 0 Å². The van der Waals surface area contributed by atoms with Crippen LogP contribution in [0.2, 0.25) is 0 Å². The summed E-state index contributed by atoms with van der Waals surface area (Å²) < 4.78 is 0. The molecule has 1 aliphatic rings. The Morgan fingerprint density at radius 2 is 1.76 bits per heavy atom. The standard InChI is InChI=1S/C13H26N2O2/c1-3-5-7-15(8-6-4-2)13(9-12(16)17)10-14-11-13/h14H,3-11H2,1-2H3,(H,16,17). The quantitative estimate of drug-likeness (QED) is 0.646. The zero-order valence-electron chi connectivity index (χ0n) is 11.2. The van der Waals surface area contributed by atoms with Crippen molar-refractivity contribution >= 4 is 5.97 Å². The molecule has 2 N–H and O–H groups in total. The second-order valence-electron chi connectivity index (χ2n) is 5.09. The van der Waals surface area contributed by atoms with Gasteiger partial charge in [-0.05, 0) is 25.9 Å². The predicted octanol–water partition coefficient (Wildman–Crippen LogP) is 1.71. The Labute approximate surface area is 104 Å². The summed E-state index contributed by atoms with van der Waals surface area (Å²) in [5, 5.41) is 12.3. The van der Waals surface area contributed by atoms with Gasteiger partial charge < -0.3 is 10.4 Å². The number of nitrogens with one attached hydrogen (secondary N) is 1. The lowest BCUT2D eigenvalue weighted by molar-refractivity contribution is -0.142. The molecule has 0 unspecified atom stereocenters. The van der Waals surface area contributed by atoms with Crippen LogP contribution >= 0.6 is 0 Å². The minimum absolute atomic E-state index is 0.115. The molecule has 0 aromatic rings. The third-order valence-electron chi connectivity index (χ3n) is 3.62. The highest BCUT2D eigenvalue weighted by atomic mass is 16.4. The van der Waals surface area contributed by atoms with E-state index >= 15 is 0 Å². The molecule has 100 valence electrons. The van der Waals surface area contributed by atoms with E-state index in [1.807, 2.05) is 0 Å². The lowest BCUT2D eigenvalue weighted by atomic mass is 9.85. The molecule has 0 atom stereocenters. The van der Waals surface area contributed by atoms with Crippen LogP contribution in [-0.4, -0.2) is 47.7 Å². The first-order chi connectivity index (χ1) is 8.14. The molecule has 1 rings (SSSR count). The van der Waals surface area contributed by atoms with Crippen LogP contribution in [0, 0.1) is 0 Å². The molecule has 1 heterocycles. The van der Waals surface area contributed by atoms with Crippen molar-refractivity contribution in [1.82, 2.24) is 10.2 Å². The highest BCUT2D eigenvalue weighted by molar-refractivity contribution is 5.68. The van der Waals surface area contributed by atoms with Crippen LogP contribution in [0.5, 0.6) is 0 Å². The summed E-state index contributed by atoms with van der Waals surface area (Å²) in [6.45, 7) is 8.08. The van der Waals surface area contributed by atoms with Gasteiger partial charge in [0.2, 0.25) is 0 Å². The summed E-state index contributed by atoms with van der Waals surface area (Å²) in [6.07, 6.45) is 4.92. The SMILES string of the molecule is CCCCN(CCCC)C1(CC(=O)O)CNC1. The second-order valence-corrected chi connectivity index (χ2v) is 5.09. The van der Waals surface area contributed by atoms with Crippen molar-refractivity contribution in [2.45, 2.75) is 51.5 Å². The molecule has 0 radical (unpaired) electrons. The summed E-state index contributed by atoms with van der Waals surface area (Å²) in [4.78, 5) is 13.4. The molecule has 0 amide bonds. The van der Waals surface area contributed by atoms with E-state index in [1.54, 1.807) is 0 Å². The smallest absolute Gasteiger partial charge is 0.305 e. The fraction of sp³-hybridized carbons (Fsp3) is 0.923. The second kappa shape index (κ2) is 6.97. The Kier molecular flexibility index (Phi) is 5.92. The lowest BCUT2D eigenvalue weighted by Gasteiger charge is -2.50. The molecule has 0 spiro atoms. The van der Waals surface area contributed by atoms with Crippen LogP contribution in [0.15, 0.2) is 0 Å². The number of hydrogen-bond acceptors (Lipinski definition) is 3. The van der Waals surface area contributed by atoms with Crippen molar-refractivity contribution in [3.05, 3.63) is 0 Å². The number of carboxylic acid groups (broad SMARTS) is 1. The molecule has 0 bridgehead atoms. The van der Waals surface area contributed by atoms with Crippen LogP contribution < -0.4 is 5.32 Å². The maximum atomic E-state index is 11.0.